The van der Waals surface area contributed by atoms with Crippen LogP contribution in [0.1, 0.15) is 64.9 Å². The van der Waals surface area contributed by atoms with E-state index in [-0.39, 0.29) is 41.5 Å². The van der Waals surface area contributed by atoms with Gasteiger partial charge in [-0.3, -0.25) is 14.4 Å². The van der Waals surface area contributed by atoms with E-state index in [1.54, 1.807) is 16.7 Å². The number of unbranched alkanes of at least 4 members (excludes halogenated alkanes) is 2. The Kier molecular flexibility index (Phi) is 8.66. The molecular formula is C28H41N3O4S. The Labute approximate surface area is 219 Å². The third-order valence-electron chi connectivity index (χ3n) is 8.27. The number of aliphatic hydroxyl groups is 1. The first-order valence-electron chi connectivity index (χ1n) is 13.6. The van der Waals surface area contributed by atoms with Crippen LogP contribution in [-0.2, 0) is 20.9 Å². The summed E-state index contributed by atoms with van der Waals surface area (Å²) in [6.07, 6.45) is 4.90. The number of amides is 3. The van der Waals surface area contributed by atoms with E-state index in [2.05, 4.69) is 24.5 Å². The average Bonchev–Trinajstić information content (AvgIpc) is 3.45. The predicted octanol–water partition coefficient (Wildman–Crippen LogP) is 3.11. The lowest BCUT2D eigenvalue weighted by molar-refractivity contribution is -0.140. The molecule has 7 nitrogen and oxygen atoms in total. The lowest BCUT2D eigenvalue weighted by atomic mass is 9.66. The van der Waals surface area contributed by atoms with E-state index in [9.17, 15) is 19.5 Å². The lowest BCUT2D eigenvalue weighted by Crippen LogP contribution is -2.57. The summed E-state index contributed by atoms with van der Waals surface area (Å²) < 4.78 is -0.580. The van der Waals surface area contributed by atoms with Gasteiger partial charge in [0, 0.05) is 31.0 Å². The van der Waals surface area contributed by atoms with Gasteiger partial charge in [0.05, 0.1) is 16.6 Å². The number of fused-ring (bicyclic) bond motifs is 1. The van der Waals surface area contributed by atoms with Gasteiger partial charge >= 0.3 is 0 Å². The van der Waals surface area contributed by atoms with Crippen LogP contribution in [0.25, 0.3) is 0 Å². The van der Waals surface area contributed by atoms with Gasteiger partial charge in [-0.15, -0.1) is 11.8 Å². The molecule has 3 aliphatic heterocycles. The number of benzene rings is 1. The number of rotatable bonds is 12. The van der Waals surface area contributed by atoms with E-state index < -0.39 is 22.6 Å². The molecule has 0 saturated carbocycles. The molecule has 36 heavy (non-hydrogen) atoms. The second-order valence-corrected chi connectivity index (χ2v) is 12.3. The number of likely N-dealkylation sites (tertiary alicyclic amines) is 1. The minimum atomic E-state index is -0.580. The van der Waals surface area contributed by atoms with Crippen LogP contribution in [0.2, 0.25) is 0 Å². The van der Waals surface area contributed by atoms with Gasteiger partial charge in [-0.1, -0.05) is 50.6 Å². The summed E-state index contributed by atoms with van der Waals surface area (Å²) in [4.78, 5) is 43.1. The fourth-order valence-corrected chi connectivity index (χ4v) is 9.08. The molecule has 3 N–H and O–H groups in total. The van der Waals surface area contributed by atoms with E-state index in [0.29, 0.717) is 19.5 Å². The van der Waals surface area contributed by atoms with Gasteiger partial charge in [0.1, 0.15) is 6.04 Å². The molecule has 3 heterocycles. The molecule has 2 bridgehead atoms. The molecule has 0 radical (unpaired) electrons. The highest BCUT2D eigenvalue weighted by Gasteiger charge is 2.75. The van der Waals surface area contributed by atoms with Crippen molar-refractivity contribution in [1.82, 2.24) is 15.5 Å². The Morgan fingerprint density at radius 3 is 2.64 bits per heavy atom. The maximum absolute atomic E-state index is 14.0. The third-order valence-corrected chi connectivity index (χ3v) is 10.3. The summed E-state index contributed by atoms with van der Waals surface area (Å²) in [6, 6.07) is 9.26. The largest absolute Gasteiger partial charge is 0.396 e. The Morgan fingerprint density at radius 2 is 1.94 bits per heavy atom. The highest BCUT2D eigenvalue weighted by Crippen LogP contribution is 2.68. The number of carbonyl (C=O) groups is 3. The quantitative estimate of drug-likeness (QED) is 0.372. The second kappa shape index (κ2) is 11.5. The third kappa shape index (κ3) is 4.91. The fraction of sp³-hybridized carbons (Fsp3) is 0.679. The van der Waals surface area contributed by atoms with Gasteiger partial charge in [0.15, 0.2) is 0 Å². The highest BCUT2D eigenvalue weighted by molar-refractivity contribution is 8.02. The molecule has 3 fully saturated rings. The maximum Gasteiger partial charge on any atom is 0.244 e. The van der Waals surface area contributed by atoms with Gasteiger partial charge in [-0.05, 0) is 50.5 Å². The molecule has 4 rings (SSSR count). The Balaban J connectivity index is 1.59. The molecule has 3 amide bonds. The summed E-state index contributed by atoms with van der Waals surface area (Å²) in [5.74, 6) is -0.957. The number of hydrogen-bond acceptors (Lipinski definition) is 5. The summed E-state index contributed by atoms with van der Waals surface area (Å²) >= 11 is 1.72. The van der Waals surface area contributed by atoms with E-state index in [1.807, 2.05) is 37.3 Å². The number of carbonyl (C=O) groups excluding carboxylic acids is 3. The molecular weight excluding hydrogens is 474 g/mol. The molecule has 4 unspecified atom stereocenters. The SMILES string of the molecule is CCCC(C)NC(=O)C1N(CCCCCO)C(=O)[C@@H]2[C@@H](C(=O)NCc3ccccc3)[C@H]3CC(C)C12S3. The number of nitrogens with one attached hydrogen (secondary N) is 2. The van der Waals surface area contributed by atoms with Gasteiger partial charge < -0.3 is 20.6 Å². The van der Waals surface area contributed by atoms with Crippen LogP contribution < -0.4 is 10.6 Å². The van der Waals surface area contributed by atoms with Crippen molar-refractivity contribution in [3.8, 4) is 0 Å². The Morgan fingerprint density at radius 1 is 1.19 bits per heavy atom. The summed E-state index contributed by atoms with van der Waals surface area (Å²) in [7, 11) is 0. The molecule has 3 saturated heterocycles. The molecule has 3 aliphatic rings. The monoisotopic (exact) mass is 515 g/mol. The molecule has 1 aromatic carbocycles. The van der Waals surface area contributed by atoms with Crippen LogP contribution >= 0.6 is 11.8 Å². The topological polar surface area (TPSA) is 98.7 Å². The van der Waals surface area contributed by atoms with Gasteiger partial charge in [0.2, 0.25) is 17.7 Å². The van der Waals surface area contributed by atoms with Crippen molar-refractivity contribution in [2.75, 3.05) is 13.2 Å². The smallest absolute Gasteiger partial charge is 0.244 e. The normalized spacial score (nSPS) is 31.4. The molecule has 198 valence electrons. The first-order chi connectivity index (χ1) is 17.3. The van der Waals surface area contributed by atoms with E-state index >= 15 is 0 Å². The number of hydrogen-bond donors (Lipinski definition) is 3. The van der Waals surface area contributed by atoms with E-state index in [4.69, 9.17) is 0 Å². The first-order valence-corrected chi connectivity index (χ1v) is 14.4. The van der Waals surface area contributed by atoms with E-state index in [0.717, 1.165) is 37.7 Å². The van der Waals surface area contributed by atoms with Crippen molar-refractivity contribution in [3.05, 3.63) is 35.9 Å². The maximum atomic E-state index is 14.0. The number of aliphatic hydroxyl groups excluding tert-OH is 1. The van der Waals surface area contributed by atoms with Crippen molar-refractivity contribution in [3.63, 3.8) is 0 Å². The summed E-state index contributed by atoms with van der Waals surface area (Å²) in [6.45, 7) is 7.29. The average molecular weight is 516 g/mol. The predicted molar refractivity (Wildman–Crippen MR) is 142 cm³/mol. The zero-order chi connectivity index (χ0) is 25.9. The van der Waals surface area contributed by atoms with Gasteiger partial charge in [0.25, 0.3) is 0 Å². The molecule has 1 spiro atoms. The highest BCUT2D eigenvalue weighted by atomic mass is 32.2. The Bertz CT molecular complexity index is 944. The molecule has 0 aliphatic carbocycles. The van der Waals surface area contributed by atoms with Crippen LogP contribution in [0, 0.1) is 17.8 Å². The zero-order valence-electron chi connectivity index (χ0n) is 21.7. The fourth-order valence-electron chi connectivity index (χ4n) is 6.66. The van der Waals surface area contributed by atoms with Crippen molar-refractivity contribution in [2.24, 2.45) is 17.8 Å². The minimum absolute atomic E-state index is 0.0353. The summed E-state index contributed by atoms with van der Waals surface area (Å²) in [5.41, 5.74) is 1.02. The first kappa shape index (κ1) is 27.0. The van der Waals surface area contributed by atoms with Crippen LogP contribution in [-0.4, -0.2) is 63.0 Å². The number of thioether (sulfide) groups is 1. The van der Waals surface area contributed by atoms with E-state index in [1.165, 1.54) is 0 Å². The second-order valence-electron chi connectivity index (χ2n) is 10.8. The molecule has 0 aromatic heterocycles. The van der Waals surface area contributed by atoms with Crippen LogP contribution in [0.3, 0.4) is 0 Å². The van der Waals surface area contributed by atoms with Crippen molar-refractivity contribution >= 4 is 29.5 Å². The lowest BCUT2D eigenvalue weighted by Gasteiger charge is -2.39. The van der Waals surface area contributed by atoms with Crippen LogP contribution in [0.4, 0.5) is 0 Å². The molecule has 7 atom stereocenters. The summed E-state index contributed by atoms with van der Waals surface area (Å²) in [5, 5.41) is 15.5. The van der Waals surface area contributed by atoms with Crippen molar-refractivity contribution < 1.29 is 19.5 Å². The minimum Gasteiger partial charge on any atom is -0.396 e. The molecule has 8 heteroatoms. The standard InChI is InChI=1S/C28H41N3O4S/c1-4-11-19(3)30-26(34)24-28-18(2)16-21(36-28)22(25(33)29-17-20-12-7-5-8-13-20)23(28)27(35)31(24)14-9-6-10-15-32/h5,7-8,12-13,18-19,21-24,32H,4,6,9-11,14-17H2,1-3H3,(H,29,33)(H,30,34)/t18?,19?,21-,22+,23+,24?,28?/m1/s1. The van der Waals surface area contributed by atoms with Crippen LogP contribution in [0.5, 0.6) is 0 Å². The van der Waals surface area contributed by atoms with Crippen molar-refractivity contribution in [2.45, 2.75) is 87.9 Å². The Hall–Kier alpha value is -2.06. The molecule has 1 aromatic rings. The number of nitrogens with zero attached hydrogens (tertiary/aromatic N) is 1. The van der Waals surface area contributed by atoms with Crippen LogP contribution in [0.15, 0.2) is 30.3 Å². The zero-order valence-corrected chi connectivity index (χ0v) is 22.6. The van der Waals surface area contributed by atoms with Gasteiger partial charge in [-0.2, -0.15) is 0 Å². The van der Waals surface area contributed by atoms with Gasteiger partial charge in [-0.25, -0.2) is 0 Å². The van der Waals surface area contributed by atoms with Crippen molar-refractivity contribution in [1.29, 1.82) is 0 Å².